The second kappa shape index (κ2) is 7.70. The molecule has 0 unspecified atom stereocenters. The van der Waals surface area contributed by atoms with Crippen molar-refractivity contribution in [1.29, 1.82) is 0 Å². The minimum Gasteiger partial charge on any atom is -0.406 e. The van der Waals surface area contributed by atoms with Crippen molar-refractivity contribution in [3.05, 3.63) is 99.5 Å². The van der Waals surface area contributed by atoms with Crippen LogP contribution < -0.4 is 15.7 Å². The first-order valence-corrected chi connectivity index (χ1v) is 8.32. The van der Waals surface area contributed by atoms with E-state index in [9.17, 15) is 9.59 Å². The number of nitrogens with zero attached hydrogens (tertiary/aromatic N) is 1. The molecule has 0 spiro atoms. The van der Waals surface area contributed by atoms with Crippen molar-refractivity contribution in [1.82, 2.24) is 4.73 Å². The smallest absolute Gasteiger partial charge is 0.295 e. The van der Waals surface area contributed by atoms with Gasteiger partial charge in [-0.3, -0.25) is 9.59 Å². The summed E-state index contributed by atoms with van der Waals surface area (Å²) in [6, 6.07) is 18.3. The zero-order valence-electron chi connectivity index (χ0n) is 14.7. The van der Waals surface area contributed by atoms with Gasteiger partial charge in [0.05, 0.1) is 0 Å². The van der Waals surface area contributed by atoms with Crippen LogP contribution >= 0.6 is 0 Å². The molecule has 0 aliphatic carbocycles. The lowest BCUT2D eigenvalue weighted by molar-refractivity contribution is 0.0863. The molecule has 26 heavy (non-hydrogen) atoms. The van der Waals surface area contributed by atoms with E-state index in [-0.39, 0.29) is 12.2 Å². The summed E-state index contributed by atoms with van der Waals surface area (Å²) in [5.41, 5.74) is 3.20. The number of pyridine rings is 1. The number of carbonyl (C=O) groups is 1. The van der Waals surface area contributed by atoms with E-state index in [2.05, 4.69) is 5.32 Å². The first kappa shape index (κ1) is 17.5. The van der Waals surface area contributed by atoms with Gasteiger partial charge in [-0.25, -0.2) is 0 Å². The zero-order valence-corrected chi connectivity index (χ0v) is 14.7. The second-order valence-corrected chi connectivity index (χ2v) is 6.08. The zero-order chi connectivity index (χ0) is 18.5. The normalized spacial score (nSPS) is 10.4. The van der Waals surface area contributed by atoms with Crippen LogP contribution in [0.4, 0.5) is 5.69 Å². The van der Waals surface area contributed by atoms with Crippen molar-refractivity contribution in [2.45, 2.75) is 20.5 Å². The fraction of sp³-hybridized carbons (Fsp3) is 0.143. The van der Waals surface area contributed by atoms with Crippen molar-refractivity contribution in [3.8, 4) is 0 Å². The molecule has 0 saturated heterocycles. The van der Waals surface area contributed by atoms with E-state index >= 15 is 0 Å². The maximum absolute atomic E-state index is 12.6. The van der Waals surface area contributed by atoms with E-state index in [1.54, 1.807) is 12.1 Å². The summed E-state index contributed by atoms with van der Waals surface area (Å²) in [6.45, 7) is 4.13. The molecule has 1 N–H and O–H groups in total. The lowest BCUT2D eigenvalue weighted by Crippen LogP contribution is -2.32. The number of hydrogen-bond acceptors (Lipinski definition) is 3. The van der Waals surface area contributed by atoms with Crippen molar-refractivity contribution >= 4 is 11.6 Å². The Morgan fingerprint density at radius 3 is 2.62 bits per heavy atom. The first-order valence-electron chi connectivity index (χ1n) is 8.32. The highest BCUT2D eigenvalue weighted by Gasteiger charge is 2.14. The molecule has 0 bridgehead atoms. The van der Waals surface area contributed by atoms with Crippen LogP contribution in [-0.4, -0.2) is 10.6 Å². The predicted molar refractivity (Wildman–Crippen MR) is 101 cm³/mol. The van der Waals surface area contributed by atoms with Gasteiger partial charge in [0.25, 0.3) is 11.5 Å². The Morgan fingerprint density at radius 2 is 1.85 bits per heavy atom. The Morgan fingerprint density at radius 1 is 1.04 bits per heavy atom. The quantitative estimate of drug-likeness (QED) is 0.769. The van der Waals surface area contributed by atoms with E-state index in [1.165, 1.54) is 12.3 Å². The molecule has 0 saturated carbocycles. The highest BCUT2D eigenvalue weighted by atomic mass is 16.7. The van der Waals surface area contributed by atoms with Gasteiger partial charge in [-0.2, -0.15) is 4.73 Å². The molecule has 0 aliphatic rings. The molecule has 1 heterocycles. The maximum Gasteiger partial charge on any atom is 0.295 e. The van der Waals surface area contributed by atoms with Gasteiger partial charge in [0.2, 0.25) is 0 Å². The van der Waals surface area contributed by atoms with E-state index < -0.39 is 11.5 Å². The van der Waals surface area contributed by atoms with Gasteiger partial charge < -0.3 is 10.2 Å². The predicted octanol–water partition coefficient (Wildman–Crippen LogP) is 3.35. The number of nitrogens with one attached hydrogen (secondary N) is 1. The van der Waals surface area contributed by atoms with Crippen molar-refractivity contribution < 1.29 is 9.63 Å². The number of benzene rings is 2. The van der Waals surface area contributed by atoms with Crippen molar-refractivity contribution in [3.63, 3.8) is 0 Å². The molecule has 0 aliphatic heterocycles. The number of anilines is 1. The topological polar surface area (TPSA) is 60.3 Å². The number of aryl methyl sites for hydroxylation is 2. The number of carbonyl (C=O) groups excluding carboxylic acids is 1. The van der Waals surface area contributed by atoms with Gasteiger partial charge in [-0.15, -0.1) is 0 Å². The summed E-state index contributed by atoms with van der Waals surface area (Å²) in [6.07, 6.45) is 1.50. The van der Waals surface area contributed by atoms with Crippen LogP contribution in [0.1, 0.15) is 27.0 Å². The molecule has 3 aromatic rings. The van der Waals surface area contributed by atoms with Crippen LogP contribution in [0.15, 0.2) is 71.7 Å². The number of hydrogen-bond donors (Lipinski definition) is 1. The summed E-state index contributed by atoms with van der Waals surface area (Å²) in [5.74, 6) is -0.460. The average Bonchev–Trinajstić information content (AvgIpc) is 2.63. The van der Waals surface area contributed by atoms with Gasteiger partial charge in [0.1, 0.15) is 12.2 Å². The second-order valence-electron chi connectivity index (χ2n) is 6.08. The van der Waals surface area contributed by atoms with Crippen LogP contribution in [0.2, 0.25) is 0 Å². The number of rotatable bonds is 5. The fourth-order valence-electron chi connectivity index (χ4n) is 2.60. The highest BCUT2D eigenvalue weighted by Crippen LogP contribution is 2.13. The van der Waals surface area contributed by atoms with Crippen LogP contribution in [0.3, 0.4) is 0 Å². The lowest BCUT2D eigenvalue weighted by atomic mass is 10.1. The number of aromatic nitrogens is 1. The Bertz CT molecular complexity index is 992. The molecule has 5 nitrogen and oxygen atoms in total. The maximum atomic E-state index is 12.6. The molecule has 0 radical (unpaired) electrons. The largest absolute Gasteiger partial charge is 0.406 e. The molecule has 3 rings (SSSR count). The monoisotopic (exact) mass is 348 g/mol. The summed E-state index contributed by atoms with van der Waals surface area (Å²) < 4.78 is 1.09. The van der Waals surface area contributed by atoms with Gasteiger partial charge in [-0.05, 0) is 43.2 Å². The Hall–Kier alpha value is -3.34. The third-order valence-corrected chi connectivity index (χ3v) is 4.01. The Kier molecular flexibility index (Phi) is 5.17. The van der Waals surface area contributed by atoms with E-state index in [0.29, 0.717) is 5.69 Å². The van der Waals surface area contributed by atoms with Gasteiger partial charge in [-0.1, -0.05) is 48.0 Å². The van der Waals surface area contributed by atoms with Crippen LogP contribution in [0.25, 0.3) is 0 Å². The van der Waals surface area contributed by atoms with Gasteiger partial charge in [0.15, 0.2) is 0 Å². The SMILES string of the molecule is Cc1cccc(COn2cccc(C(=O)Nc3ccccc3C)c2=O)c1. The van der Waals surface area contributed by atoms with E-state index in [4.69, 9.17) is 4.84 Å². The summed E-state index contributed by atoms with van der Waals surface area (Å²) in [5, 5.41) is 2.77. The van der Waals surface area contributed by atoms with Gasteiger partial charge >= 0.3 is 0 Å². The Labute approximate surface area is 151 Å². The third kappa shape index (κ3) is 4.00. The van der Waals surface area contributed by atoms with Crippen molar-refractivity contribution in [2.24, 2.45) is 0 Å². The van der Waals surface area contributed by atoms with E-state index in [1.807, 2.05) is 56.3 Å². The Balaban J connectivity index is 1.77. The van der Waals surface area contributed by atoms with Crippen molar-refractivity contribution in [2.75, 3.05) is 5.32 Å². The summed E-state index contributed by atoms with van der Waals surface area (Å²) in [7, 11) is 0. The molecule has 132 valence electrons. The molecule has 5 heteroatoms. The van der Waals surface area contributed by atoms with Gasteiger partial charge in [0, 0.05) is 11.9 Å². The minimum atomic E-state index is -0.494. The minimum absolute atomic E-state index is 0.0278. The molecular weight excluding hydrogens is 328 g/mol. The summed E-state index contributed by atoms with van der Waals surface area (Å²) in [4.78, 5) is 30.6. The molecule has 2 aromatic carbocycles. The number of amides is 1. The first-order chi connectivity index (χ1) is 12.5. The van der Waals surface area contributed by atoms with E-state index in [0.717, 1.165) is 21.4 Å². The molecule has 0 fully saturated rings. The molecular formula is C21H20N2O3. The fourth-order valence-corrected chi connectivity index (χ4v) is 2.60. The third-order valence-electron chi connectivity index (χ3n) is 4.01. The standard InChI is InChI=1S/C21H20N2O3/c1-15-7-5-9-17(13-15)14-26-23-12-6-10-18(21(23)25)20(24)22-19-11-4-3-8-16(19)2/h3-13H,14H2,1-2H3,(H,22,24). The highest BCUT2D eigenvalue weighted by molar-refractivity contribution is 6.04. The van der Waals surface area contributed by atoms with Crippen LogP contribution in [0, 0.1) is 13.8 Å². The number of para-hydroxylation sites is 1. The molecule has 0 atom stereocenters. The van der Waals surface area contributed by atoms with Crippen LogP contribution in [-0.2, 0) is 6.61 Å². The average molecular weight is 348 g/mol. The molecule has 1 aromatic heterocycles. The lowest BCUT2D eigenvalue weighted by Gasteiger charge is -2.11. The van der Waals surface area contributed by atoms with Crippen LogP contribution in [0.5, 0.6) is 0 Å². The summed E-state index contributed by atoms with van der Waals surface area (Å²) >= 11 is 0. The molecule has 1 amide bonds.